The number of nitriles is 2. The van der Waals surface area contributed by atoms with E-state index in [0.717, 1.165) is 0 Å². The van der Waals surface area contributed by atoms with Crippen molar-refractivity contribution in [3.63, 3.8) is 0 Å². The van der Waals surface area contributed by atoms with Gasteiger partial charge in [-0.25, -0.2) is 0 Å². The minimum atomic E-state index is -0.274. The molecule has 5 aliphatic carbocycles. The van der Waals surface area contributed by atoms with Gasteiger partial charge in [0.05, 0.1) is 23.0 Å². The van der Waals surface area contributed by atoms with Crippen molar-refractivity contribution in [3.8, 4) is 12.1 Å². The summed E-state index contributed by atoms with van der Waals surface area (Å²) in [7, 11) is 0. The van der Waals surface area contributed by atoms with Crippen LogP contribution in [0.4, 0.5) is 0 Å². The second-order valence-electron chi connectivity index (χ2n) is 8.31. The number of nitrogens with zero attached hydrogens (tertiary/aromatic N) is 2. The van der Waals surface area contributed by atoms with E-state index < -0.39 is 0 Å². The van der Waals surface area contributed by atoms with Crippen molar-refractivity contribution in [1.29, 1.82) is 10.5 Å². The number of rotatable bonds is 0. The van der Waals surface area contributed by atoms with Crippen molar-refractivity contribution in [2.45, 2.75) is 23.7 Å². The van der Waals surface area contributed by atoms with Crippen molar-refractivity contribution in [3.05, 3.63) is 70.8 Å². The summed E-state index contributed by atoms with van der Waals surface area (Å²) >= 11 is 0. The Hall–Kier alpha value is -2.58. The third-order valence-electron chi connectivity index (χ3n) is 8.29. The highest BCUT2D eigenvalue weighted by Crippen LogP contribution is 2.98. The highest BCUT2D eigenvalue weighted by atomic mass is 14.9. The molecular formula is C22H14N2. The summed E-state index contributed by atoms with van der Waals surface area (Å²) in [6.45, 7) is 0. The Bertz CT molecular complexity index is 959. The minimum Gasteiger partial charge on any atom is -0.198 e. The zero-order chi connectivity index (χ0) is 15.8. The lowest BCUT2D eigenvalue weighted by molar-refractivity contribution is -0.332. The fourth-order valence-electron chi connectivity index (χ4n) is 8.02. The first-order valence-electron chi connectivity index (χ1n) is 8.82. The summed E-state index contributed by atoms with van der Waals surface area (Å²) in [6, 6.07) is 23.0. The van der Waals surface area contributed by atoms with E-state index in [1.807, 2.05) is 0 Å². The molecule has 2 aromatic carbocycles. The van der Waals surface area contributed by atoms with E-state index in [1.165, 1.54) is 22.3 Å². The van der Waals surface area contributed by atoms with Crippen LogP contribution in [0.25, 0.3) is 0 Å². The van der Waals surface area contributed by atoms with Crippen LogP contribution in [0.15, 0.2) is 48.5 Å². The maximum atomic E-state index is 10.2. The van der Waals surface area contributed by atoms with Gasteiger partial charge in [-0.15, -0.1) is 0 Å². The van der Waals surface area contributed by atoms with E-state index in [9.17, 15) is 10.5 Å². The molecule has 0 N–H and O–H groups in total. The van der Waals surface area contributed by atoms with E-state index in [-0.39, 0.29) is 34.5 Å². The third kappa shape index (κ3) is 0.755. The van der Waals surface area contributed by atoms with Crippen molar-refractivity contribution in [1.82, 2.24) is 0 Å². The molecule has 24 heavy (non-hydrogen) atoms. The molecule has 5 aliphatic rings. The Kier molecular flexibility index (Phi) is 1.56. The van der Waals surface area contributed by atoms with Crippen LogP contribution in [-0.4, -0.2) is 0 Å². The molecule has 0 aliphatic heterocycles. The summed E-state index contributed by atoms with van der Waals surface area (Å²) in [5.41, 5.74) is 5.09. The smallest absolute Gasteiger partial charge is 0.0748 e. The molecule has 0 saturated heterocycles. The van der Waals surface area contributed by atoms with Crippen LogP contribution in [0.5, 0.6) is 0 Å². The normalized spacial score (nSPS) is 49.1. The van der Waals surface area contributed by atoms with Crippen molar-refractivity contribution in [2.75, 3.05) is 0 Å². The summed E-state index contributed by atoms with van der Waals surface area (Å²) in [5.74, 6) is 1.78. The molecule has 2 nitrogen and oxygen atoms in total. The van der Waals surface area contributed by atoms with Gasteiger partial charge in [0.2, 0.25) is 0 Å². The van der Waals surface area contributed by atoms with E-state index in [0.29, 0.717) is 11.8 Å². The summed E-state index contributed by atoms with van der Waals surface area (Å²) in [5, 5.41) is 20.3. The zero-order valence-corrected chi connectivity index (χ0v) is 13.0. The van der Waals surface area contributed by atoms with E-state index in [1.54, 1.807) is 0 Å². The van der Waals surface area contributed by atoms with Gasteiger partial charge in [-0.2, -0.15) is 10.5 Å². The molecule has 0 radical (unpaired) electrons. The van der Waals surface area contributed by atoms with Gasteiger partial charge in [0.15, 0.2) is 0 Å². The molecule has 7 rings (SSSR count). The number of hydrogen-bond donors (Lipinski definition) is 0. The Balaban J connectivity index is 1.65. The van der Waals surface area contributed by atoms with E-state index >= 15 is 0 Å². The number of hydrogen-bond acceptors (Lipinski definition) is 2. The molecule has 0 heterocycles. The number of benzene rings is 2. The first kappa shape index (κ1) is 11.9. The van der Waals surface area contributed by atoms with Gasteiger partial charge in [-0.3, -0.25) is 0 Å². The molecule has 3 saturated carbocycles. The molecular weight excluding hydrogens is 292 g/mol. The molecule has 0 bridgehead atoms. The van der Waals surface area contributed by atoms with Crippen molar-refractivity contribution < 1.29 is 0 Å². The standard InChI is InChI=1S/C22H14N2/c23-9-21-17-13-7-3-1-5-11(13)15-18-14-8-4-2-6-12(14)16(17)20(21)22(18,10-24)19(15)21/h1-8,15-20H/t15-,16-,17+,18+,19?,20?,21?,22?/m1/s1. The van der Waals surface area contributed by atoms with Crippen LogP contribution in [-0.2, 0) is 0 Å². The number of fused-ring (bicyclic) bond motifs is 8. The topological polar surface area (TPSA) is 47.6 Å². The Morgan fingerprint density at radius 2 is 1.00 bits per heavy atom. The van der Waals surface area contributed by atoms with Crippen molar-refractivity contribution >= 4 is 0 Å². The van der Waals surface area contributed by atoms with Gasteiger partial charge in [0.1, 0.15) is 0 Å². The second-order valence-corrected chi connectivity index (χ2v) is 8.31. The fraction of sp³-hybridized carbons (Fsp3) is 0.364. The van der Waals surface area contributed by atoms with Gasteiger partial charge in [-0.1, -0.05) is 48.5 Å². The van der Waals surface area contributed by atoms with Crippen LogP contribution in [0.2, 0.25) is 0 Å². The van der Waals surface area contributed by atoms with Gasteiger partial charge in [0, 0.05) is 23.7 Å². The summed E-state index contributed by atoms with van der Waals surface area (Å²) in [4.78, 5) is 0. The Labute approximate surface area is 140 Å². The zero-order valence-electron chi connectivity index (χ0n) is 13.0. The first-order chi connectivity index (χ1) is 11.8. The molecule has 4 atom stereocenters. The van der Waals surface area contributed by atoms with Gasteiger partial charge in [-0.05, 0) is 34.1 Å². The largest absolute Gasteiger partial charge is 0.198 e. The van der Waals surface area contributed by atoms with Gasteiger partial charge in [0.25, 0.3) is 0 Å². The molecule has 0 aromatic heterocycles. The molecule has 0 amide bonds. The van der Waals surface area contributed by atoms with Crippen molar-refractivity contribution in [2.24, 2.45) is 22.7 Å². The highest BCUT2D eigenvalue weighted by Gasteiger charge is 2.95. The Morgan fingerprint density at radius 3 is 1.38 bits per heavy atom. The maximum absolute atomic E-state index is 10.2. The lowest BCUT2D eigenvalue weighted by atomic mass is 9.10. The van der Waals surface area contributed by atoms with Gasteiger partial charge >= 0.3 is 0 Å². The average molecular weight is 306 g/mol. The Morgan fingerprint density at radius 1 is 0.625 bits per heavy atom. The molecule has 112 valence electrons. The van der Waals surface area contributed by atoms with Crippen LogP contribution in [0, 0.1) is 45.3 Å². The SMILES string of the molecule is N#CC12C3[C@@H]4c5ccccc5[C@H]5[C@@H](c6ccccc6[C@@H]41)C2C35C#N. The fourth-order valence-corrected chi connectivity index (χ4v) is 8.02. The van der Waals surface area contributed by atoms with Crippen LogP contribution in [0.3, 0.4) is 0 Å². The third-order valence-corrected chi connectivity index (χ3v) is 8.29. The molecule has 0 unspecified atom stereocenters. The van der Waals surface area contributed by atoms with E-state index in [4.69, 9.17) is 0 Å². The highest BCUT2D eigenvalue weighted by molar-refractivity contribution is 5.69. The molecule has 0 spiro atoms. The quantitative estimate of drug-likeness (QED) is 0.737. The maximum Gasteiger partial charge on any atom is 0.0748 e. The van der Waals surface area contributed by atoms with Crippen LogP contribution in [0.1, 0.15) is 45.9 Å². The summed E-state index contributed by atoms with van der Waals surface area (Å²) in [6.07, 6.45) is 0. The molecule has 2 heteroatoms. The lowest BCUT2D eigenvalue weighted by Gasteiger charge is -2.89. The van der Waals surface area contributed by atoms with Gasteiger partial charge < -0.3 is 0 Å². The lowest BCUT2D eigenvalue weighted by Crippen LogP contribution is -2.87. The molecule has 2 aromatic rings. The summed E-state index contributed by atoms with van der Waals surface area (Å²) < 4.78 is 0. The minimum absolute atomic E-state index is 0.250. The molecule has 3 fully saturated rings. The predicted molar refractivity (Wildman–Crippen MR) is 86.9 cm³/mol. The predicted octanol–water partition coefficient (Wildman–Crippen LogP) is 4.04. The second kappa shape index (κ2) is 3.15. The average Bonchev–Trinajstić information content (AvgIpc) is 2.57. The monoisotopic (exact) mass is 306 g/mol. The van der Waals surface area contributed by atoms with Crippen LogP contribution < -0.4 is 0 Å². The first-order valence-corrected chi connectivity index (χ1v) is 8.82. The van der Waals surface area contributed by atoms with E-state index in [2.05, 4.69) is 60.7 Å². The van der Waals surface area contributed by atoms with Crippen LogP contribution >= 0.6 is 0 Å².